The molecule has 6 atom stereocenters. The summed E-state index contributed by atoms with van der Waals surface area (Å²) >= 11 is 0. The fourth-order valence-corrected chi connectivity index (χ4v) is 4.40. The van der Waals surface area contributed by atoms with Crippen LogP contribution in [0.1, 0.15) is 25.3 Å². The average Bonchev–Trinajstić information content (AvgIpc) is 3.54. The number of nitrogens with one attached hydrogen (secondary N) is 1. The standard InChI is InChI=1S/C10H13N5O4.C9H14N3O7P/c11-10-13-8-7(9(18)14-10)12-3-15(8)6-1-4(17)5(2-16)19-6;10-7-1-2-12(9(14)11-7)8-3-5(13)6(19-8)4-18-20(15,16)17/h3-6,16-17H,1-2H2,(H3,11,13,14,18);1-2,5-6,8,13H,3-4H2,(H2,10,11,14)(H2,15,16,17)/t4-,5+,6+;5-,6+,8+/m00/s1. The summed E-state index contributed by atoms with van der Waals surface area (Å²) in [6.07, 6.45) is -1.59. The molecule has 3 aromatic heterocycles. The van der Waals surface area contributed by atoms with Crippen molar-refractivity contribution in [1.29, 1.82) is 0 Å². The number of phosphoric ester groups is 1. The fraction of sp³-hybridized carbons (Fsp3) is 0.526. The number of aliphatic hydroxyl groups is 3. The van der Waals surface area contributed by atoms with Crippen molar-refractivity contribution in [2.24, 2.45) is 0 Å². The third-order valence-corrected chi connectivity index (χ3v) is 6.40. The summed E-state index contributed by atoms with van der Waals surface area (Å²) in [5.41, 5.74) is 10.2. The van der Waals surface area contributed by atoms with Crippen molar-refractivity contribution in [1.82, 2.24) is 29.1 Å². The molecule has 3 aromatic rings. The minimum Gasteiger partial charge on any atom is -0.394 e. The Labute approximate surface area is 217 Å². The van der Waals surface area contributed by atoms with E-state index < -0.39 is 62.6 Å². The highest BCUT2D eigenvalue weighted by Crippen LogP contribution is 2.38. The Bertz CT molecular complexity index is 1470. The number of anilines is 2. The average molecular weight is 574 g/mol. The van der Waals surface area contributed by atoms with Gasteiger partial charge in [0, 0.05) is 19.0 Å². The van der Waals surface area contributed by atoms with Gasteiger partial charge in [0.05, 0.1) is 31.7 Å². The van der Waals surface area contributed by atoms with Crippen molar-refractivity contribution in [2.45, 2.75) is 49.7 Å². The molecule has 0 aliphatic carbocycles. The number of aromatic nitrogens is 6. The van der Waals surface area contributed by atoms with Gasteiger partial charge in [0.1, 0.15) is 30.5 Å². The van der Waals surface area contributed by atoms with Gasteiger partial charge < -0.3 is 46.0 Å². The molecular formula is C19H27N8O11P. The summed E-state index contributed by atoms with van der Waals surface area (Å²) in [4.78, 5) is 54.3. The zero-order valence-corrected chi connectivity index (χ0v) is 20.9. The molecule has 5 heterocycles. The highest BCUT2D eigenvalue weighted by atomic mass is 31.2. The van der Waals surface area contributed by atoms with Crippen LogP contribution in [0.5, 0.6) is 0 Å². The van der Waals surface area contributed by atoms with E-state index >= 15 is 0 Å². The first-order chi connectivity index (χ1) is 18.4. The van der Waals surface area contributed by atoms with E-state index in [-0.39, 0.29) is 42.4 Å². The molecule has 20 heteroatoms. The third kappa shape index (κ3) is 6.67. The van der Waals surface area contributed by atoms with Crippen molar-refractivity contribution in [3.8, 4) is 0 Å². The molecule has 5 rings (SSSR count). The van der Waals surface area contributed by atoms with Crippen molar-refractivity contribution in [3.05, 3.63) is 39.4 Å². The zero-order chi connectivity index (χ0) is 28.5. The summed E-state index contributed by atoms with van der Waals surface area (Å²) < 4.78 is 28.4. The van der Waals surface area contributed by atoms with E-state index in [0.717, 1.165) is 4.57 Å². The molecule has 2 saturated heterocycles. The second-order valence-electron chi connectivity index (χ2n) is 8.65. The van der Waals surface area contributed by atoms with E-state index in [0.29, 0.717) is 0 Å². The molecular weight excluding hydrogens is 547 g/mol. The highest BCUT2D eigenvalue weighted by molar-refractivity contribution is 7.46. The topological polar surface area (TPSA) is 296 Å². The number of rotatable bonds is 6. The third-order valence-electron chi connectivity index (χ3n) is 5.92. The molecule has 19 nitrogen and oxygen atoms in total. The Morgan fingerprint density at radius 3 is 2.33 bits per heavy atom. The van der Waals surface area contributed by atoms with E-state index in [9.17, 15) is 24.4 Å². The molecule has 39 heavy (non-hydrogen) atoms. The number of nitrogens with zero attached hydrogens (tertiary/aromatic N) is 5. The number of nitrogens with two attached hydrogens (primary N) is 2. The number of fused-ring (bicyclic) bond motifs is 1. The molecule has 2 aliphatic rings. The number of imidazole rings is 1. The first kappa shape index (κ1) is 28.7. The van der Waals surface area contributed by atoms with Gasteiger partial charge in [0.15, 0.2) is 11.2 Å². The Morgan fingerprint density at radius 2 is 1.72 bits per heavy atom. The van der Waals surface area contributed by atoms with Crippen molar-refractivity contribution in [3.63, 3.8) is 0 Å². The number of nitrogen functional groups attached to an aromatic ring is 2. The van der Waals surface area contributed by atoms with Gasteiger partial charge in [-0.15, -0.1) is 0 Å². The van der Waals surface area contributed by atoms with Crippen LogP contribution in [-0.4, -0.2) is 91.8 Å². The molecule has 10 N–H and O–H groups in total. The number of aromatic amines is 1. The van der Waals surface area contributed by atoms with E-state index in [4.69, 9.17) is 35.8 Å². The predicted molar refractivity (Wildman–Crippen MR) is 130 cm³/mol. The lowest BCUT2D eigenvalue weighted by Gasteiger charge is -2.16. The zero-order valence-electron chi connectivity index (χ0n) is 20.0. The number of hydrogen-bond donors (Lipinski definition) is 8. The second-order valence-corrected chi connectivity index (χ2v) is 9.89. The maximum absolute atomic E-state index is 11.6. The molecule has 0 aromatic carbocycles. The smallest absolute Gasteiger partial charge is 0.394 e. The maximum Gasteiger partial charge on any atom is 0.469 e. The van der Waals surface area contributed by atoms with Gasteiger partial charge in [-0.05, 0) is 6.07 Å². The predicted octanol–water partition coefficient (Wildman–Crippen LogP) is -3.07. The molecule has 0 radical (unpaired) electrons. The number of H-pyrrole nitrogens is 1. The summed E-state index contributed by atoms with van der Waals surface area (Å²) in [6.45, 7) is -0.764. The SMILES string of the molecule is Nc1ccn([C@H]2C[C@H](O)[C@@H](COP(=O)(O)O)O2)c(=O)n1.Nc1nc2c(ncn2[C@H]2C[C@H](O)[C@@H](CO)O2)c(=O)[nH]1. The van der Waals surface area contributed by atoms with E-state index in [1.807, 2.05) is 0 Å². The summed E-state index contributed by atoms with van der Waals surface area (Å²) in [6, 6.07) is 1.40. The number of hydrogen-bond acceptors (Lipinski definition) is 14. The fourth-order valence-electron chi connectivity index (χ4n) is 4.06. The second kappa shape index (κ2) is 11.5. The summed E-state index contributed by atoms with van der Waals surface area (Å²) in [5, 5.41) is 28.5. The Hall–Kier alpha value is -3.26. The number of ether oxygens (including phenoxy) is 2. The minimum atomic E-state index is -4.64. The van der Waals surface area contributed by atoms with E-state index in [1.165, 1.54) is 23.2 Å². The largest absolute Gasteiger partial charge is 0.469 e. The molecule has 0 spiro atoms. The molecule has 0 bridgehead atoms. The Kier molecular flexibility index (Phi) is 8.45. The van der Waals surface area contributed by atoms with Crippen LogP contribution in [0.4, 0.5) is 11.8 Å². The van der Waals surface area contributed by atoms with Gasteiger partial charge in [-0.3, -0.25) is 23.4 Å². The van der Waals surface area contributed by atoms with Gasteiger partial charge >= 0.3 is 13.5 Å². The number of aliphatic hydroxyl groups excluding tert-OH is 3. The monoisotopic (exact) mass is 574 g/mol. The lowest BCUT2D eigenvalue weighted by Crippen LogP contribution is -2.28. The van der Waals surface area contributed by atoms with Crippen LogP contribution in [0.25, 0.3) is 11.2 Å². The van der Waals surface area contributed by atoms with Gasteiger partial charge in [-0.25, -0.2) is 14.3 Å². The minimum absolute atomic E-state index is 0.0171. The van der Waals surface area contributed by atoms with Crippen LogP contribution in [-0.2, 0) is 18.6 Å². The van der Waals surface area contributed by atoms with Crippen LogP contribution in [0.15, 0.2) is 28.2 Å². The van der Waals surface area contributed by atoms with Crippen LogP contribution in [0.2, 0.25) is 0 Å². The van der Waals surface area contributed by atoms with Gasteiger partial charge in [-0.1, -0.05) is 0 Å². The first-order valence-electron chi connectivity index (χ1n) is 11.4. The number of phosphoric acid groups is 1. The summed E-state index contributed by atoms with van der Waals surface area (Å²) in [5.74, 6) is 0.0441. The molecule has 214 valence electrons. The van der Waals surface area contributed by atoms with Crippen LogP contribution >= 0.6 is 7.82 Å². The van der Waals surface area contributed by atoms with E-state index in [2.05, 4.69) is 24.5 Å². The Morgan fingerprint density at radius 1 is 1.08 bits per heavy atom. The van der Waals surface area contributed by atoms with Crippen molar-refractivity contribution < 1.29 is 43.7 Å². The summed E-state index contributed by atoms with van der Waals surface area (Å²) in [7, 11) is -4.64. The van der Waals surface area contributed by atoms with E-state index in [1.54, 1.807) is 0 Å². The first-order valence-corrected chi connectivity index (χ1v) is 12.9. The lowest BCUT2D eigenvalue weighted by molar-refractivity contribution is -0.0450. The van der Waals surface area contributed by atoms with Gasteiger partial charge in [0.25, 0.3) is 5.56 Å². The molecule has 0 saturated carbocycles. The highest BCUT2D eigenvalue weighted by Gasteiger charge is 2.37. The van der Waals surface area contributed by atoms with Gasteiger partial charge in [0.2, 0.25) is 5.95 Å². The molecule has 0 unspecified atom stereocenters. The maximum atomic E-state index is 11.6. The molecule has 0 amide bonds. The van der Waals surface area contributed by atoms with Gasteiger partial charge in [-0.2, -0.15) is 9.97 Å². The lowest BCUT2D eigenvalue weighted by atomic mass is 10.2. The normalized spacial score (nSPS) is 27.0. The van der Waals surface area contributed by atoms with Crippen molar-refractivity contribution >= 4 is 30.8 Å². The van der Waals surface area contributed by atoms with Crippen molar-refractivity contribution in [2.75, 3.05) is 24.7 Å². The van der Waals surface area contributed by atoms with Crippen LogP contribution in [0.3, 0.4) is 0 Å². The van der Waals surface area contributed by atoms with Crippen LogP contribution in [0, 0.1) is 0 Å². The van der Waals surface area contributed by atoms with Crippen LogP contribution < -0.4 is 22.7 Å². The Balaban J connectivity index is 0.000000181. The quantitative estimate of drug-likeness (QED) is 0.135. The molecule has 2 aliphatic heterocycles. The molecule has 2 fully saturated rings.